The number of aromatic nitrogens is 3. The average molecular weight is 277 g/mol. The summed E-state index contributed by atoms with van der Waals surface area (Å²) in [6.45, 7) is 0.700. The average Bonchev–Trinajstić information content (AvgIpc) is 2.71. The van der Waals surface area contributed by atoms with Crippen molar-refractivity contribution in [2.24, 2.45) is 0 Å². The fraction of sp³-hybridized carbons (Fsp3) is 0.167. The molecule has 13 heavy (non-hydrogen) atoms. The summed E-state index contributed by atoms with van der Waals surface area (Å²) < 4.78 is 0.785. The van der Waals surface area contributed by atoms with Gasteiger partial charge in [-0.05, 0) is 15.9 Å². The van der Waals surface area contributed by atoms with Gasteiger partial charge in [-0.15, -0.1) is 21.5 Å². The molecule has 2 aromatic rings. The first kappa shape index (κ1) is 9.04. The van der Waals surface area contributed by atoms with E-state index in [0.717, 1.165) is 14.7 Å². The topological polar surface area (TPSA) is 50.7 Å². The number of halogens is 1. The van der Waals surface area contributed by atoms with Gasteiger partial charge in [0.15, 0.2) is 3.92 Å². The Morgan fingerprint density at radius 2 is 2.38 bits per heavy atom. The summed E-state index contributed by atoms with van der Waals surface area (Å²) in [7, 11) is 0. The summed E-state index contributed by atoms with van der Waals surface area (Å²) >= 11 is 6.30. The lowest BCUT2D eigenvalue weighted by Crippen LogP contribution is -1.98. The number of rotatable bonds is 3. The van der Waals surface area contributed by atoms with Crippen LogP contribution in [0.5, 0.6) is 0 Å². The molecule has 0 amide bonds. The van der Waals surface area contributed by atoms with E-state index in [1.807, 2.05) is 10.9 Å². The quantitative estimate of drug-likeness (QED) is 0.935. The molecule has 7 heteroatoms. The molecule has 68 valence electrons. The van der Waals surface area contributed by atoms with Gasteiger partial charge in [0.05, 0.1) is 17.7 Å². The van der Waals surface area contributed by atoms with Gasteiger partial charge in [0, 0.05) is 5.38 Å². The number of nitrogens with one attached hydrogen (secondary N) is 1. The molecule has 0 saturated heterocycles. The lowest BCUT2D eigenvalue weighted by atomic mass is 10.5. The highest BCUT2D eigenvalue weighted by molar-refractivity contribution is 9.11. The van der Waals surface area contributed by atoms with Gasteiger partial charge in [-0.2, -0.15) is 0 Å². The second kappa shape index (κ2) is 4.12. The van der Waals surface area contributed by atoms with Crippen molar-refractivity contribution in [2.45, 2.75) is 6.54 Å². The van der Waals surface area contributed by atoms with Crippen molar-refractivity contribution in [3.05, 3.63) is 20.5 Å². The fourth-order valence-electron chi connectivity index (χ4n) is 0.768. The third-order valence-corrected chi connectivity index (χ3v) is 3.25. The van der Waals surface area contributed by atoms with E-state index in [9.17, 15) is 0 Å². The Labute approximate surface area is 91.2 Å². The smallest absolute Gasteiger partial charge is 0.206 e. The lowest BCUT2D eigenvalue weighted by molar-refractivity contribution is 1.02. The van der Waals surface area contributed by atoms with Crippen LogP contribution in [0.4, 0.5) is 5.13 Å². The van der Waals surface area contributed by atoms with E-state index in [2.05, 4.69) is 36.4 Å². The Morgan fingerprint density at radius 3 is 3.00 bits per heavy atom. The summed E-state index contributed by atoms with van der Waals surface area (Å²) in [6.07, 6.45) is 0. The van der Waals surface area contributed by atoms with Gasteiger partial charge in [-0.1, -0.05) is 11.3 Å². The zero-order chi connectivity index (χ0) is 9.10. The first-order valence-corrected chi connectivity index (χ1v) is 6.00. The predicted octanol–water partition coefficient (Wildman–Crippen LogP) is 2.37. The standard InChI is InChI=1S/C6H5BrN4S2/c7-5-10-11-6(13-5)8-1-4-2-12-3-9-4/h2-3H,1H2,(H,8,11). The number of nitrogens with zero attached hydrogens (tertiary/aromatic N) is 3. The summed E-state index contributed by atoms with van der Waals surface area (Å²) in [4.78, 5) is 4.14. The molecule has 0 bridgehead atoms. The molecular weight excluding hydrogens is 272 g/mol. The van der Waals surface area contributed by atoms with Crippen LogP contribution in [0.2, 0.25) is 0 Å². The van der Waals surface area contributed by atoms with Crippen LogP contribution in [0.3, 0.4) is 0 Å². The molecule has 2 heterocycles. The van der Waals surface area contributed by atoms with E-state index >= 15 is 0 Å². The highest BCUT2D eigenvalue weighted by Gasteiger charge is 2.00. The molecule has 0 atom stereocenters. The molecule has 1 N–H and O–H groups in total. The van der Waals surface area contributed by atoms with Crippen LogP contribution < -0.4 is 5.32 Å². The second-order valence-corrected chi connectivity index (χ2v) is 5.17. The zero-order valence-electron chi connectivity index (χ0n) is 6.40. The summed E-state index contributed by atoms with van der Waals surface area (Å²) in [5, 5.41) is 13.7. The van der Waals surface area contributed by atoms with Crippen molar-refractivity contribution in [2.75, 3.05) is 5.32 Å². The van der Waals surface area contributed by atoms with Gasteiger partial charge < -0.3 is 5.32 Å². The van der Waals surface area contributed by atoms with E-state index in [4.69, 9.17) is 0 Å². The third-order valence-electron chi connectivity index (χ3n) is 1.30. The van der Waals surface area contributed by atoms with Gasteiger partial charge in [0.2, 0.25) is 5.13 Å². The maximum Gasteiger partial charge on any atom is 0.206 e. The Bertz CT molecular complexity index is 372. The minimum Gasteiger partial charge on any atom is -0.354 e. The lowest BCUT2D eigenvalue weighted by Gasteiger charge is -1.96. The normalized spacial score (nSPS) is 10.2. The highest BCUT2D eigenvalue weighted by Crippen LogP contribution is 2.20. The van der Waals surface area contributed by atoms with E-state index in [1.54, 1.807) is 11.3 Å². The summed E-state index contributed by atoms with van der Waals surface area (Å²) in [5.41, 5.74) is 2.84. The van der Waals surface area contributed by atoms with Crippen LogP contribution in [-0.4, -0.2) is 15.2 Å². The molecular formula is C6H5BrN4S2. The van der Waals surface area contributed by atoms with Crippen LogP contribution in [0.15, 0.2) is 14.8 Å². The molecule has 0 saturated carbocycles. The second-order valence-electron chi connectivity index (χ2n) is 2.19. The number of thiazole rings is 1. The molecule has 0 fully saturated rings. The molecule has 0 unspecified atom stereocenters. The number of hydrogen-bond acceptors (Lipinski definition) is 6. The fourth-order valence-corrected chi connectivity index (χ4v) is 2.33. The Balaban J connectivity index is 1.93. The van der Waals surface area contributed by atoms with Crippen molar-refractivity contribution >= 4 is 43.7 Å². The van der Waals surface area contributed by atoms with Crippen molar-refractivity contribution in [1.82, 2.24) is 15.2 Å². The number of anilines is 1. The van der Waals surface area contributed by atoms with Gasteiger partial charge in [-0.25, -0.2) is 4.98 Å². The third kappa shape index (κ3) is 2.45. The van der Waals surface area contributed by atoms with Gasteiger partial charge in [0.1, 0.15) is 0 Å². The Morgan fingerprint density at radius 1 is 1.46 bits per heavy atom. The minimum absolute atomic E-state index is 0.700. The Hall–Kier alpha value is -0.530. The first-order valence-electron chi connectivity index (χ1n) is 3.44. The van der Waals surface area contributed by atoms with Crippen molar-refractivity contribution in [1.29, 1.82) is 0 Å². The summed E-state index contributed by atoms with van der Waals surface area (Å²) in [6, 6.07) is 0. The maximum atomic E-state index is 4.14. The van der Waals surface area contributed by atoms with E-state index in [0.29, 0.717) is 6.54 Å². The molecule has 0 aromatic carbocycles. The van der Waals surface area contributed by atoms with E-state index in [1.165, 1.54) is 11.3 Å². The van der Waals surface area contributed by atoms with E-state index in [-0.39, 0.29) is 0 Å². The molecule has 0 aliphatic heterocycles. The van der Waals surface area contributed by atoms with E-state index < -0.39 is 0 Å². The van der Waals surface area contributed by atoms with Crippen molar-refractivity contribution in [3.8, 4) is 0 Å². The molecule has 0 radical (unpaired) electrons. The maximum absolute atomic E-state index is 4.14. The van der Waals surface area contributed by atoms with Crippen LogP contribution in [0.1, 0.15) is 5.69 Å². The molecule has 0 spiro atoms. The van der Waals surface area contributed by atoms with Gasteiger partial charge in [0.25, 0.3) is 0 Å². The minimum atomic E-state index is 0.700. The SMILES string of the molecule is Brc1nnc(NCc2cscn2)s1. The van der Waals surface area contributed by atoms with Gasteiger partial charge >= 0.3 is 0 Å². The van der Waals surface area contributed by atoms with Crippen LogP contribution in [-0.2, 0) is 6.54 Å². The first-order chi connectivity index (χ1) is 6.34. The zero-order valence-corrected chi connectivity index (χ0v) is 9.62. The van der Waals surface area contributed by atoms with Crippen LogP contribution in [0, 0.1) is 0 Å². The van der Waals surface area contributed by atoms with Crippen LogP contribution >= 0.6 is 38.6 Å². The molecule has 4 nitrogen and oxygen atoms in total. The monoisotopic (exact) mass is 276 g/mol. The molecule has 2 aromatic heterocycles. The molecule has 2 rings (SSSR count). The largest absolute Gasteiger partial charge is 0.354 e. The summed E-state index contributed by atoms with van der Waals surface area (Å²) in [5.74, 6) is 0. The number of hydrogen-bond donors (Lipinski definition) is 1. The predicted molar refractivity (Wildman–Crippen MR) is 57.0 cm³/mol. The molecule has 0 aliphatic rings. The van der Waals surface area contributed by atoms with Crippen LogP contribution in [0.25, 0.3) is 0 Å². The van der Waals surface area contributed by atoms with Crippen molar-refractivity contribution in [3.63, 3.8) is 0 Å². The molecule has 0 aliphatic carbocycles. The highest BCUT2D eigenvalue weighted by atomic mass is 79.9. The van der Waals surface area contributed by atoms with Gasteiger partial charge in [-0.3, -0.25) is 0 Å². The van der Waals surface area contributed by atoms with Crippen molar-refractivity contribution < 1.29 is 0 Å². The Kier molecular flexibility index (Phi) is 2.87.